The molecule has 0 aliphatic rings. The summed E-state index contributed by atoms with van der Waals surface area (Å²) in [5.74, 6) is 0.786. The SMILES string of the molecule is Cc1cc(C)c(C)c(CSc2nc(-c3ccccc3)cc(-c3ccccc3)c2C#N)c1C. The fourth-order valence-corrected chi connectivity index (χ4v) is 5.17. The van der Waals surface area contributed by atoms with Crippen LogP contribution in [0.4, 0.5) is 0 Å². The zero-order valence-electron chi connectivity index (χ0n) is 18.9. The molecule has 0 saturated heterocycles. The van der Waals surface area contributed by atoms with Crippen molar-refractivity contribution < 1.29 is 0 Å². The predicted octanol–water partition coefficient (Wildman–Crippen LogP) is 7.81. The molecule has 0 N–H and O–H groups in total. The molecule has 0 amide bonds. The van der Waals surface area contributed by atoms with Gasteiger partial charge < -0.3 is 0 Å². The molecule has 0 spiro atoms. The van der Waals surface area contributed by atoms with Gasteiger partial charge in [0.2, 0.25) is 0 Å². The van der Waals surface area contributed by atoms with E-state index < -0.39 is 0 Å². The minimum atomic E-state index is 0.639. The number of pyridine rings is 1. The first-order valence-electron chi connectivity index (χ1n) is 10.7. The van der Waals surface area contributed by atoms with Crippen molar-refractivity contribution in [2.45, 2.75) is 38.5 Å². The number of nitrogens with zero attached hydrogens (tertiary/aromatic N) is 2. The van der Waals surface area contributed by atoms with Crippen LogP contribution in [0.25, 0.3) is 22.4 Å². The van der Waals surface area contributed by atoms with Crippen molar-refractivity contribution in [3.05, 3.63) is 106 Å². The summed E-state index contributed by atoms with van der Waals surface area (Å²) in [6.45, 7) is 8.70. The molecule has 0 unspecified atom stereocenters. The standard InChI is InChI=1S/C29H26N2S/c1-19-15-20(2)22(4)27(21(19)3)18-32-29-26(17-30)25(23-11-7-5-8-12-23)16-28(31-29)24-13-9-6-10-14-24/h5-16H,18H2,1-4H3. The van der Waals surface area contributed by atoms with E-state index in [4.69, 9.17) is 4.98 Å². The lowest BCUT2D eigenvalue weighted by Gasteiger charge is -2.16. The van der Waals surface area contributed by atoms with Gasteiger partial charge in [-0.15, -0.1) is 11.8 Å². The maximum atomic E-state index is 10.1. The zero-order valence-corrected chi connectivity index (χ0v) is 19.8. The number of thioether (sulfide) groups is 1. The van der Waals surface area contributed by atoms with Crippen molar-refractivity contribution in [2.75, 3.05) is 0 Å². The molecule has 3 aromatic carbocycles. The molecule has 32 heavy (non-hydrogen) atoms. The number of aromatic nitrogens is 1. The van der Waals surface area contributed by atoms with Crippen molar-refractivity contribution in [3.8, 4) is 28.5 Å². The monoisotopic (exact) mass is 434 g/mol. The zero-order chi connectivity index (χ0) is 22.7. The normalized spacial score (nSPS) is 10.7. The van der Waals surface area contributed by atoms with Gasteiger partial charge in [0, 0.05) is 16.9 Å². The van der Waals surface area contributed by atoms with E-state index >= 15 is 0 Å². The van der Waals surface area contributed by atoms with E-state index in [2.05, 4.69) is 64.1 Å². The average Bonchev–Trinajstić information content (AvgIpc) is 2.83. The number of hydrogen-bond acceptors (Lipinski definition) is 3. The van der Waals surface area contributed by atoms with Gasteiger partial charge in [-0.1, -0.05) is 66.7 Å². The maximum Gasteiger partial charge on any atom is 0.115 e. The third kappa shape index (κ3) is 4.33. The van der Waals surface area contributed by atoms with E-state index in [0.717, 1.165) is 33.2 Å². The molecule has 1 aromatic heterocycles. The number of benzene rings is 3. The van der Waals surface area contributed by atoms with Gasteiger partial charge in [-0.3, -0.25) is 0 Å². The quantitative estimate of drug-likeness (QED) is 0.300. The fraction of sp³-hybridized carbons (Fsp3) is 0.172. The lowest BCUT2D eigenvalue weighted by atomic mass is 9.95. The molecule has 0 bridgehead atoms. The second kappa shape index (κ2) is 9.42. The Labute approximate surface area is 195 Å². The van der Waals surface area contributed by atoms with Crippen LogP contribution in [0, 0.1) is 39.0 Å². The summed E-state index contributed by atoms with van der Waals surface area (Å²) in [5.41, 5.74) is 11.1. The molecule has 1 heterocycles. The number of hydrogen-bond donors (Lipinski definition) is 0. The third-order valence-corrected chi connectivity index (χ3v) is 7.13. The molecule has 0 aliphatic carbocycles. The highest BCUT2D eigenvalue weighted by atomic mass is 32.2. The average molecular weight is 435 g/mol. The van der Waals surface area contributed by atoms with Gasteiger partial charge in [-0.2, -0.15) is 5.26 Å². The molecule has 2 nitrogen and oxygen atoms in total. The van der Waals surface area contributed by atoms with Crippen LogP contribution in [0.3, 0.4) is 0 Å². The van der Waals surface area contributed by atoms with E-state index in [0.29, 0.717) is 5.56 Å². The Hall–Kier alpha value is -3.35. The molecule has 0 saturated carbocycles. The van der Waals surface area contributed by atoms with Crippen LogP contribution >= 0.6 is 11.8 Å². The third-order valence-electron chi connectivity index (χ3n) is 6.13. The van der Waals surface area contributed by atoms with Crippen LogP contribution in [-0.2, 0) is 5.75 Å². The lowest BCUT2D eigenvalue weighted by Crippen LogP contribution is -2.00. The van der Waals surface area contributed by atoms with Gasteiger partial charge in [0.05, 0.1) is 11.3 Å². The molecule has 0 aliphatic heterocycles. The van der Waals surface area contributed by atoms with E-state index in [1.54, 1.807) is 11.8 Å². The van der Waals surface area contributed by atoms with Gasteiger partial charge in [-0.05, 0) is 67.1 Å². The Balaban J connectivity index is 1.84. The molecular formula is C29H26N2S. The minimum Gasteiger partial charge on any atom is -0.240 e. The van der Waals surface area contributed by atoms with Gasteiger partial charge in [0.1, 0.15) is 11.1 Å². The summed E-state index contributed by atoms with van der Waals surface area (Å²) >= 11 is 1.65. The Morgan fingerprint density at radius 2 is 1.34 bits per heavy atom. The molecular weight excluding hydrogens is 408 g/mol. The van der Waals surface area contributed by atoms with Crippen LogP contribution in [-0.4, -0.2) is 4.98 Å². The molecule has 0 fully saturated rings. The largest absolute Gasteiger partial charge is 0.240 e. The number of nitriles is 1. The Bertz CT molecular complexity index is 1280. The van der Waals surface area contributed by atoms with Crippen molar-refractivity contribution in [3.63, 3.8) is 0 Å². The van der Waals surface area contributed by atoms with Crippen molar-refractivity contribution in [1.82, 2.24) is 4.98 Å². The van der Waals surface area contributed by atoms with Gasteiger partial charge >= 0.3 is 0 Å². The van der Waals surface area contributed by atoms with Crippen LogP contribution < -0.4 is 0 Å². The minimum absolute atomic E-state index is 0.639. The summed E-state index contributed by atoms with van der Waals surface area (Å²) in [7, 11) is 0. The van der Waals surface area contributed by atoms with E-state index in [9.17, 15) is 5.26 Å². The highest BCUT2D eigenvalue weighted by Gasteiger charge is 2.17. The summed E-state index contributed by atoms with van der Waals surface area (Å²) in [6.07, 6.45) is 0. The highest BCUT2D eigenvalue weighted by molar-refractivity contribution is 7.98. The summed E-state index contributed by atoms with van der Waals surface area (Å²) in [4.78, 5) is 4.96. The predicted molar refractivity (Wildman–Crippen MR) is 135 cm³/mol. The summed E-state index contributed by atoms with van der Waals surface area (Å²) in [6, 6.07) is 27.0. The number of aryl methyl sites for hydroxylation is 2. The molecule has 158 valence electrons. The Kier molecular flexibility index (Phi) is 6.44. The fourth-order valence-electron chi connectivity index (χ4n) is 3.99. The Morgan fingerprint density at radius 1 is 0.781 bits per heavy atom. The van der Waals surface area contributed by atoms with Crippen LogP contribution in [0.1, 0.15) is 33.4 Å². The van der Waals surface area contributed by atoms with E-state index in [-0.39, 0.29) is 0 Å². The smallest absolute Gasteiger partial charge is 0.115 e. The van der Waals surface area contributed by atoms with Crippen LogP contribution in [0.2, 0.25) is 0 Å². The topological polar surface area (TPSA) is 36.7 Å². The first-order chi connectivity index (χ1) is 15.5. The van der Waals surface area contributed by atoms with Crippen LogP contribution in [0.5, 0.6) is 0 Å². The molecule has 0 radical (unpaired) electrons. The second-order valence-corrected chi connectivity index (χ2v) is 9.07. The first kappa shape index (κ1) is 21.9. The van der Waals surface area contributed by atoms with Gasteiger partial charge in [0.15, 0.2) is 0 Å². The number of rotatable bonds is 5. The first-order valence-corrected chi connectivity index (χ1v) is 11.7. The summed E-state index contributed by atoms with van der Waals surface area (Å²) in [5, 5.41) is 10.9. The molecule has 4 rings (SSSR count). The summed E-state index contributed by atoms with van der Waals surface area (Å²) < 4.78 is 0. The van der Waals surface area contributed by atoms with E-state index in [1.165, 1.54) is 27.8 Å². The van der Waals surface area contributed by atoms with Crippen molar-refractivity contribution in [1.29, 1.82) is 5.26 Å². The molecule has 4 aromatic rings. The van der Waals surface area contributed by atoms with Crippen molar-refractivity contribution >= 4 is 11.8 Å². The van der Waals surface area contributed by atoms with E-state index in [1.807, 2.05) is 42.5 Å². The molecule has 0 atom stereocenters. The van der Waals surface area contributed by atoms with Gasteiger partial charge in [-0.25, -0.2) is 4.98 Å². The van der Waals surface area contributed by atoms with Gasteiger partial charge in [0.25, 0.3) is 0 Å². The maximum absolute atomic E-state index is 10.1. The second-order valence-electron chi connectivity index (χ2n) is 8.11. The lowest BCUT2D eigenvalue weighted by molar-refractivity contribution is 1.11. The molecule has 3 heteroatoms. The Morgan fingerprint density at radius 3 is 1.91 bits per heavy atom. The highest BCUT2D eigenvalue weighted by Crippen LogP contribution is 2.36. The van der Waals surface area contributed by atoms with Crippen molar-refractivity contribution in [2.24, 2.45) is 0 Å². The van der Waals surface area contributed by atoms with Crippen LogP contribution in [0.15, 0.2) is 77.8 Å².